The van der Waals surface area contributed by atoms with Crippen molar-refractivity contribution in [2.24, 2.45) is 0 Å². The third kappa shape index (κ3) is 2.92. The van der Waals surface area contributed by atoms with Crippen LogP contribution >= 0.6 is 0 Å². The normalized spacial score (nSPS) is 14.7. The highest BCUT2D eigenvalue weighted by molar-refractivity contribution is 7.90. The van der Waals surface area contributed by atoms with E-state index in [4.69, 9.17) is 9.47 Å². The minimum Gasteiger partial charge on any atom is -0.496 e. The number of hydrogen-bond acceptors (Lipinski definition) is 5. The second-order valence-corrected chi connectivity index (χ2v) is 7.45. The molecule has 2 aromatic rings. The Balaban J connectivity index is 2.21. The van der Waals surface area contributed by atoms with Gasteiger partial charge in [0.05, 0.1) is 17.6 Å². The molecular weight excluding hydrogens is 328 g/mol. The fourth-order valence-electron chi connectivity index (χ4n) is 2.67. The summed E-state index contributed by atoms with van der Waals surface area (Å²) < 4.78 is 34.1. The zero-order valence-electron chi connectivity index (χ0n) is 13.3. The van der Waals surface area contributed by atoms with E-state index in [1.807, 2.05) is 6.07 Å². The van der Waals surface area contributed by atoms with Crippen molar-refractivity contribution in [1.29, 1.82) is 0 Å². The second-order valence-electron chi connectivity index (χ2n) is 5.43. The van der Waals surface area contributed by atoms with Gasteiger partial charge in [0.25, 0.3) is 0 Å². The summed E-state index contributed by atoms with van der Waals surface area (Å²) in [5.74, 6) is 0.113. The summed E-state index contributed by atoms with van der Waals surface area (Å²) in [5.41, 5.74) is 2.32. The van der Waals surface area contributed by atoms with E-state index < -0.39 is 15.8 Å². The van der Waals surface area contributed by atoms with E-state index in [2.05, 4.69) is 0 Å². The van der Waals surface area contributed by atoms with E-state index in [1.54, 1.807) is 36.4 Å². The molecule has 2 aromatic carbocycles. The summed E-state index contributed by atoms with van der Waals surface area (Å²) >= 11 is 0. The zero-order chi connectivity index (χ0) is 17.3. The Kier molecular flexibility index (Phi) is 4.15. The smallest absolute Gasteiger partial charge is 0.339 e. The molecule has 1 aliphatic rings. The van der Waals surface area contributed by atoms with Gasteiger partial charge in [0.15, 0.2) is 9.84 Å². The van der Waals surface area contributed by atoms with E-state index in [0.29, 0.717) is 28.0 Å². The molecular formula is C18H16O5S. The van der Waals surface area contributed by atoms with Gasteiger partial charge in [-0.15, -0.1) is 0 Å². The fourth-order valence-corrected chi connectivity index (χ4v) is 3.34. The maximum atomic E-state index is 12.3. The number of sulfone groups is 1. The van der Waals surface area contributed by atoms with Crippen LogP contribution in [0.3, 0.4) is 0 Å². The molecule has 0 N–H and O–H groups in total. The topological polar surface area (TPSA) is 69.7 Å². The van der Waals surface area contributed by atoms with Crippen molar-refractivity contribution in [1.82, 2.24) is 0 Å². The molecule has 0 radical (unpaired) electrons. The molecule has 0 unspecified atom stereocenters. The van der Waals surface area contributed by atoms with Crippen molar-refractivity contribution >= 4 is 27.0 Å². The summed E-state index contributed by atoms with van der Waals surface area (Å²) in [6, 6.07) is 13.7. The van der Waals surface area contributed by atoms with Gasteiger partial charge in [-0.05, 0) is 23.8 Å². The molecule has 0 atom stereocenters. The highest BCUT2D eigenvalue weighted by Crippen LogP contribution is 2.37. The molecule has 0 aliphatic carbocycles. The first kappa shape index (κ1) is 16.3. The molecule has 124 valence electrons. The Hall–Kier alpha value is -2.60. The molecule has 1 aliphatic heterocycles. The van der Waals surface area contributed by atoms with Gasteiger partial charge in [-0.3, -0.25) is 0 Å². The zero-order valence-corrected chi connectivity index (χ0v) is 14.1. The standard InChI is InChI=1S/C18H16O5S/c1-22-16-9-4-3-8-14(16)17-15(11-23-18(17)19)12-6-5-7-13(10-12)24(2,20)21/h3-10H,11H2,1-2H3. The van der Waals surface area contributed by atoms with Gasteiger partial charge in [-0.1, -0.05) is 30.3 Å². The van der Waals surface area contributed by atoms with E-state index in [9.17, 15) is 13.2 Å². The SMILES string of the molecule is COc1ccccc1C1=C(c2cccc(S(C)(=O)=O)c2)COC1=O. The maximum absolute atomic E-state index is 12.3. The van der Waals surface area contributed by atoms with Gasteiger partial charge in [-0.2, -0.15) is 0 Å². The number of rotatable bonds is 4. The predicted molar refractivity (Wildman–Crippen MR) is 90.3 cm³/mol. The number of carbonyl (C=O) groups excluding carboxylic acids is 1. The van der Waals surface area contributed by atoms with Crippen LogP contribution in [0.5, 0.6) is 5.75 Å². The Morgan fingerprint density at radius 2 is 1.83 bits per heavy atom. The van der Waals surface area contributed by atoms with Crippen molar-refractivity contribution in [2.45, 2.75) is 4.90 Å². The lowest BCUT2D eigenvalue weighted by molar-refractivity contribution is -0.133. The predicted octanol–water partition coefficient (Wildman–Crippen LogP) is 2.57. The highest BCUT2D eigenvalue weighted by Gasteiger charge is 2.29. The van der Waals surface area contributed by atoms with Crippen molar-refractivity contribution < 1.29 is 22.7 Å². The lowest BCUT2D eigenvalue weighted by Crippen LogP contribution is -2.01. The molecule has 0 saturated carbocycles. The summed E-state index contributed by atoms with van der Waals surface area (Å²) in [6.45, 7) is 0.0967. The summed E-state index contributed by atoms with van der Waals surface area (Å²) in [7, 11) is -1.80. The second kappa shape index (κ2) is 6.13. The van der Waals surface area contributed by atoms with Crippen LogP contribution in [-0.2, 0) is 19.4 Å². The van der Waals surface area contributed by atoms with Crippen molar-refractivity contribution in [2.75, 3.05) is 20.0 Å². The molecule has 5 nitrogen and oxygen atoms in total. The van der Waals surface area contributed by atoms with Crippen LogP contribution in [-0.4, -0.2) is 34.4 Å². The van der Waals surface area contributed by atoms with Gasteiger partial charge in [-0.25, -0.2) is 13.2 Å². The van der Waals surface area contributed by atoms with Gasteiger partial charge >= 0.3 is 5.97 Å². The third-order valence-corrected chi connectivity index (χ3v) is 4.95. The average molecular weight is 344 g/mol. The van der Waals surface area contributed by atoms with Crippen LogP contribution < -0.4 is 4.74 Å². The monoisotopic (exact) mass is 344 g/mol. The number of esters is 1. The first-order valence-electron chi connectivity index (χ1n) is 7.26. The molecule has 0 saturated heterocycles. The maximum Gasteiger partial charge on any atom is 0.339 e. The van der Waals surface area contributed by atoms with Crippen LogP contribution in [0.2, 0.25) is 0 Å². The summed E-state index contributed by atoms with van der Waals surface area (Å²) in [6.07, 6.45) is 1.15. The molecule has 24 heavy (non-hydrogen) atoms. The number of ether oxygens (including phenoxy) is 2. The lowest BCUT2D eigenvalue weighted by atomic mass is 9.96. The summed E-state index contributed by atoms with van der Waals surface area (Å²) in [5, 5.41) is 0. The van der Waals surface area contributed by atoms with Crippen LogP contribution in [0.25, 0.3) is 11.1 Å². The fraction of sp³-hybridized carbons (Fsp3) is 0.167. The molecule has 0 aromatic heterocycles. The molecule has 1 heterocycles. The van der Waals surface area contributed by atoms with Crippen LogP contribution in [0.4, 0.5) is 0 Å². The number of para-hydroxylation sites is 1. The van der Waals surface area contributed by atoms with Crippen molar-refractivity contribution in [3.05, 3.63) is 59.7 Å². The molecule has 0 spiro atoms. The molecule has 0 bridgehead atoms. The Morgan fingerprint density at radius 1 is 1.08 bits per heavy atom. The minimum absolute atomic E-state index is 0.0967. The summed E-state index contributed by atoms with van der Waals surface area (Å²) in [4.78, 5) is 12.5. The van der Waals surface area contributed by atoms with Crippen LogP contribution in [0, 0.1) is 0 Å². The molecule has 0 fully saturated rings. The Bertz CT molecular complexity index is 941. The number of methoxy groups -OCH3 is 1. The first-order valence-corrected chi connectivity index (χ1v) is 9.15. The molecule has 3 rings (SSSR count). The number of carbonyl (C=O) groups is 1. The van der Waals surface area contributed by atoms with Gasteiger partial charge in [0.1, 0.15) is 12.4 Å². The average Bonchev–Trinajstić information content (AvgIpc) is 2.95. The highest BCUT2D eigenvalue weighted by atomic mass is 32.2. The third-order valence-electron chi connectivity index (χ3n) is 3.84. The van der Waals surface area contributed by atoms with Crippen LogP contribution in [0.15, 0.2) is 53.4 Å². The minimum atomic E-state index is -3.34. The van der Waals surface area contributed by atoms with E-state index in [0.717, 1.165) is 6.26 Å². The largest absolute Gasteiger partial charge is 0.496 e. The quantitative estimate of drug-likeness (QED) is 0.797. The van der Waals surface area contributed by atoms with Gasteiger partial charge in [0.2, 0.25) is 0 Å². The Morgan fingerprint density at radius 3 is 2.54 bits per heavy atom. The van der Waals surface area contributed by atoms with E-state index in [1.165, 1.54) is 13.2 Å². The van der Waals surface area contributed by atoms with Gasteiger partial charge < -0.3 is 9.47 Å². The lowest BCUT2D eigenvalue weighted by Gasteiger charge is -2.10. The van der Waals surface area contributed by atoms with E-state index >= 15 is 0 Å². The first-order chi connectivity index (χ1) is 11.4. The number of hydrogen-bond donors (Lipinski definition) is 0. The molecule has 6 heteroatoms. The van der Waals surface area contributed by atoms with E-state index in [-0.39, 0.29) is 11.5 Å². The Labute approximate surface area is 140 Å². The van der Waals surface area contributed by atoms with Crippen molar-refractivity contribution in [3.63, 3.8) is 0 Å². The van der Waals surface area contributed by atoms with Crippen LogP contribution in [0.1, 0.15) is 11.1 Å². The number of benzene rings is 2. The van der Waals surface area contributed by atoms with Gasteiger partial charge in [0, 0.05) is 17.4 Å². The number of cyclic esters (lactones) is 1. The van der Waals surface area contributed by atoms with Crippen molar-refractivity contribution in [3.8, 4) is 5.75 Å². The molecule has 0 amide bonds.